The Morgan fingerprint density at radius 1 is 1.10 bits per heavy atom. The lowest BCUT2D eigenvalue weighted by Crippen LogP contribution is -2.20. The maximum absolute atomic E-state index is 11.9. The average molecular weight is 287 g/mol. The van der Waals surface area contributed by atoms with Crippen LogP contribution >= 0.6 is 11.8 Å². The molecular weight excluding hydrogens is 270 g/mol. The van der Waals surface area contributed by atoms with Gasteiger partial charge in [-0.2, -0.15) is 0 Å². The molecule has 2 rings (SSSR count). The Bertz CT molecular complexity index is 557. The van der Waals surface area contributed by atoms with Crippen molar-refractivity contribution in [3.8, 4) is 5.75 Å². The molecule has 0 saturated carbocycles. The first-order chi connectivity index (χ1) is 9.79. The molecule has 3 nitrogen and oxygen atoms in total. The Kier molecular flexibility index (Phi) is 5.50. The SMILES string of the molecule is CCSc1ccccc1NC(=O)COc1ccccc1. The maximum Gasteiger partial charge on any atom is 0.262 e. The number of anilines is 1. The van der Waals surface area contributed by atoms with E-state index < -0.39 is 0 Å². The van der Waals surface area contributed by atoms with E-state index in [1.807, 2.05) is 54.6 Å². The number of hydrogen-bond donors (Lipinski definition) is 1. The van der Waals surface area contributed by atoms with Crippen molar-refractivity contribution >= 4 is 23.4 Å². The Morgan fingerprint density at radius 2 is 1.80 bits per heavy atom. The molecule has 0 aromatic heterocycles. The van der Waals surface area contributed by atoms with Gasteiger partial charge < -0.3 is 10.1 Å². The fourth-order valence-electron chi connectivity index (χ4n) is 1.70. The second-order valence-electron chi connectivity index (χ2n) is 4.08. The summed E-state index contributed by atoms with van der Waals surface area (Å²) in [6, 6.07) is 17.1. The van der Waals surface area contributed by atoms with Crippen molar-refractivity contribution in [2.75, 3.05) is 17.7 Å². The summed E-state index contributed by atoms with van der Waals surface area (Å²) in [4.78, 5) is 13.0. The van der Waals surface area contributed by atoms with E-state index in [4.69, 9.17) is 4.74 Å². The maximum atomic E-state index is 11.9. The van der Waals surface area contributed by atoms with Crippen molar-refractivity contribution in [2.45, 2.75) is 11.8 Å². The number of thioether (sulfide) groups is 1. The highest BCUT2D eigenvalue weighted by molar-refractivity contribution is 7.99. The van der Waals surface area contributed by atoms with Gasteiger partial charge in [-0.15, -0.1) is 11.8 Å². The van der Waals surface area contributed by atoms with Gasteiger partial charge in [0.1, 0.15) is 5.75 Å². The molecule has 0 aliphatic carbocycles. The first kappa shape index (κ1) is 14.5. The zero-order valence-electron chi connectivity index (χ0n) is 11.3. The van der Waals surface area contributed by atoms with E-state index in [1.165, 1.54) is 0 Å². The first-order valence-corrected chi connectivity index (χ1v) is 7.47. The minimum Gasteiger partial charge on any atom is -0.484 e. The van der Waals surface area contributed by atoms with Gasteiger partial charge in [0.15, 0.2) is 6.61 Å². The van der Waals surface area contributed by atoms with E-state index in [9.17, 15) is 4.79 Å². The van der Waals surface area contributed by atoms with E-state index in [0.29, 0.717) is 5.75 Å². The van der Waals surface area contributed by atoms with Gasteiger partial charge in [-0.05, 0) is 30.0 Å². The van der Waals surface area contributed by atoms with Crippen LogP contribution in [0.15, 0.2) is 59.5 Å². The Hall–Kier alpha value is -1.94. The third-order valence-electron chi connectivity index (χ3n) is 2.57. The lowest BCUT2D eigenvalue weighted by molar-refractivity contribution is -0.118. The normalized spacial score (nSPS) is 10.1. The van der Waals surface area contributed by atoms with Gasteiger partial charge >= 0.3 is 0 Å². The zero-order chi connectivity index (χ0) is 14.2. The van der Waals surface area contributed by atoms with Crippen LogP contribution in [0.3, 0.4) is 0 Å². The van der Waals surface area contributed by atoms with Crippen molar-refractivity contribution in [1.82, 2.24) is 0 Å². The van der Waals surface area contributed by atoms with Crippen LogP contribution in [-0.4, -0.2) is 18.3 Å². The van der Waals surface area contributed by atoms with Gasteiger partial charge in [0.25, 0.3) is 5.91 Å². The van der Waals surface area contributed by atoms with Gasteiger partial charge in [0.2, 0.25) is 0 Å². The van der Waals surface area contributed by atoms with E-state index in [2.05, 4.69) is 12.2 Å². The van der Waals surface area contributed by atoms with Crippen LogP contribution in [0.5, 0.6) is 5.75 Å². The molecule has 0 fully saturated rings. The molecule has 0 unspecified atom stereocenters. The molecule has 0 aliphatic heterocycles. The highest BCUT2D eigenvalue weighted by atomic mass is 32.2. The molecule has 1 amide bonds. The molecule has 2 aromatic rings. The fraction of sp³-hybridized carbons (Fsp3) is 0.188. The Morgan fingerprint density at radius 3 is 2.55 bits per heavy atom. The molecule has 0 spiro atoms. The predicted octanol–water partition coefficient (Wildman–Crippen LogP) is 3.82. The quantitative estimate of drug-likeness (QED) is 0.821. The van der Waals surface area contributed by atoms with Crippen LogP contribution in [0.4, 0.5) is 5.69 Å². The monoisotopic (exact) mass is 287 g/mol. The van der Waals surface area contributed by atoms with Crippen molar-refractivity contribution in [3.63, 3.8) is 0 Å². The molecule has 4 heteroatoms. The second-order valence-corrected chi connectivity index (χ2v) is 5.38. The Labute approximate surface area is 123 Å². The molecule has 0 saturated heterocycles. The summed E-state index contributed by atoms with van der Waals surface area (Å²) in [5.41, 5.74) is 0.834. The van der Waals surface area contributed by atoms with E-state index >= 15 is 0 Å². The molecule has 20 heavy (non-hydrogen) atoms. The second kappa shape index (κ2) is 7.60. The number of carbonyl (C=O) groups excluding carboxylic acids is 1. The van der Waals surface area contributed by atoms with Gasteiger partial charge in [0, 0.05) is 4.90 Å². The third-order valence-corrected chi connectivity index (χ3v) is 3.53. The molecule has 2 aromatic carbocycles. The van der Waals surface area contributed by atoms with Gasteiger partial charge in [-0.1, -0.05) is 37.3 Å². The largest absolute Gasteiger partial charge is 0.484 e. The third kappa shape index (κ3) is 4.31. The molecule has 0 aliphatic rings. The molecule has 0 heterocycles. The van der Waals surface area contributed by atoms with Crippen LogP contribution in [0, 0.1) is 0 Å². The van der Waals surface area contributed by atoms with Crippen LogP contribution in [0.2, 0.25) is 0 Å². The van der Waals surface area contributed by atoms with Crippen molar-refractivity contribution in [3.05, 3.63) is 54.6 Å². The van der Waals surface area contributed by atoms with Crippen LogP contribution in [0.1, 0.15) is 6.92 Å². The number of carbonyl (C=O) groups is 1. The summed E-state index contributed by atoms with van der Waals surface area (Å²) in [7, 11) is 0. The van der Waals surface area contributed by atoms with E-state index in [-0.39, 0.29) is 12.5 Å². The van der Waals surface area contributed by atoms with Gasteiger partial charge in [-0.3, -0.25) is 4.79 Å². The molecule has 0 bridgehead atoms. The van der Waals surface area contributed by atoms with Crippen molar-refractivity contribution in [1.29, 1.82) is 0 Å². The highest BCUT2D eigenvalue weighted by Crippen LogP contribution is 2.26. The zero-order valence-corrected chi connectivity index (χ0v) is 12.2. The summed E-state index contributed by atoms with van der Waals surface area (Å²) in [5, 5.41) is 2.88. The molecule has 104 valence electrons. The number of benzene rings is 2. The topological polar surface area (TPSA) is 38.3 Å². The number of amides is 1. The molecular formula is C16H17NO2S. The summed E-state index contributed by atoms with van der Waals surface area (Å²) in [6.45, 7) is 2.09. The number of rotatable bonds is 6. The van der Waals surface area contributed by atoms with Crippen molar-refractivity contribution in [2.24, 2.45) is 0 Å². The lowest BCUT2D eigenvalue weighted by atomic mass is 10.3. The number of nitrogens with one attached hydrogen (secondary N) is 1. The minimum absolute atomic E-state index is 0.00907. The Balaban J connectivity index is 1.91. The summed E-state index contributed by atoms with van der Waals surface area (Å²) in [5.74, 6) is 1.50. The van der Waals surface area contributed by atoms with Crippen LogP contribution < -0.4 is 10.1 Å². The summed E-state index contributed by atoms with van der Waals surface area (Å²) in [6.07, 6.45) is 0. The average Bonchev–Trinajstić information content (AvgIpc) is 2.49. The van der Waals surface area contributed by atoms with Crippen LogP contribution in [0.25, 0.3) is 0 Å². The molecule has 1 N–H and O–H groups in total. The van der Waals surface area contributed by atoms with Gasteiger partial charge in [-0.25, -0.2) is 0 Å². The van der Waals surface area contributed by atoms with Crippen LogP contribution in [-0.2, 0) is 4.79 Å². The summed E-state index contributed by atoms with van der Waals surface area (Å²) < 4.78 is 5.42. The molecule has 0 radical (unpaired) electrons. The van der Waals surface area contributed by atoms with E-state index in [1.54, 1.807) is 11.8 Å². The predicted molar refractivity (Wildman–Crippen MR) is 83.4 cm³/mol. The van der Waals surface area contributed by atoms with Gasteiger partial charge in [0.05, 0.1) is 5.69 Å². The standard InChI is InChI=1S/C16H17NO2S/c1-2-20-15-11-7-6-10-14(15)17-16(18)12-19-13-8-4-3-5-9-13/h3-11H,2,12H2,1H3,(H,17,18). The lowest BCUT2D eigenvalue weighted by Gasteiger charge is -2.10. The smallest absolute Gasteiger partial charge is 0.262 e. The first-order valence-electron chi connectivity index (χ1n) is 6.49. The molecule has 0 atom stereocenters. The number of para-hydroxylation sites is 2. The van der Waals surface area contributed by atoms with Crippen molar-refractivity contribution < 1.29 is 9.53 Å². The minimum atomic E-state index is -0.155. The fourth-order valence-corrected chi connectivity index (χ4v) is 2.46. The summed E-state index contributed by atoms with van der Waals surface area (Å²) >= 11 is 1.70. The number of hydrogen-bond acceptors (Lipinski definition) is 3. The highest BCUT2D eigenvalue weighted by Gasteiger charge is 2.07. The van der Waals surface area contributed by atoms with E-state index in [0.717, 1.165) is 16.3 Å². The number of ether oxygens (including phenoxy) is 1.